The lowest BCUT2D eigenvalue weighted by molar-refractivity contribution is 0.134. The Labute approximate surface area is 153 Å². The molecule has 1 saturated heterocycles. The molecule has 2 aliphatic heterocycles. The molecule has 2 amide bonds. The Hall–Kier alpha value is -2.40. The van der Waals surface area contributed by atoms with E-state index >= 15 is 0 Å². The van der Waals surface area contributed by atoms with E-state index in [9.17, 15) is 9.18 Å². The molecule has 1 N–H and O–H groups in total. The number of rotatable bonds is 2. The van der Waals surface area contributed by atoms with Gasteiger partial charge in [0, 0.05) is 26.2 Å². The molecule has 2 aliphatic rings. The van der Waals surface area contributed by atoms with Gasteiger partial charge in [-0.3, -0.25) is 0 Å². The van der Waals surface area contributed by atoms with Crippen LogP contribution in [0.2, 0.25) is 0 Å². The molecule has 1 unspecified atom stereocenters. The molecule has 4 rings (SSSR count). The third-order valence-electron chi connectivity index (χ3n) is 5.60. The van der Waals surface area contributed by atoms with Gasteiger partial charge in [0.25, 0.3) is 0 Å². The molecule has 4 nitrogen and oxygen atoms in total. The van der Waals surface area contributed by atoms with Crippen molar-refractivity contribution in [2.24, 2.45) is 0 Å². The molecule has 0 saturated carbocycles. The average Bonchev–Trinajstić information content (AvgIpc) is 3.21. The van der Waals surface area contributed by atoms with Crippen molar-refractivity contribution in [2.45, 2.75) is 24.9 Å². The summed E-state index contributed by atoms with van der Waals surface area (Å²) >= 11 is 0. The van der Waals surface area contributed by atoms with Crippen molar-refractivity contribution in [3.63, 3.8) is 0 Å². The van der Waals surface area contributed by atoms with Crippen LogP contribution < -0.4 is 5.32 Å². The normalized spacial score (nSPS) is 22.2. The fraction of sp³-hybridized carbons (Fsp3) is 0.381. The molecule has 0 aromatic heterocycles. The van der Waals surface area contributed by atoms with Gasteiger partial charge in [-0.1, -0.05) is 36.4 Å². The summed E-state index contributed by atoms with van der Waals surface area (Å²) in [5.41, 5.74) is 3.34. The number of likely N-dealkylation sites (N-methyl/N-ethyl adjacent to an activating group) is 1. The van der Waals surface area contributed by atoms with Gasteiger partial charge in [0.05, 0.1) is 6.04 Å². The molecule has 0 spiro atoms. The number of amides is 2. The van der Waals surface area contributed by atoms with Crippen LogP contribution in [-0.2, 0) is 6.42 Å². The van der Waals surface area contributed by atoms with Crippen LogP contribution >= 0.6 is 0 Å². The van der Waals surface area contributed by atoms with Crippen LogP contribution in [0, 0.1) is 5.82 Å². The molecule has 26 heavy (non-hydrogen) atoms. The molecule has 0 bridgehead atoms. The smallest absolute Gasteiger partial charge is 0.320 e. The molecule has 5 heteroatoms. The van der Waals surface area contributed by atoms with Gasteiger partial charge in [0.2, 0.25) is 0 Å². The maximum absolute atomic E-state index is 13.4. The molecule has 2 aromatic carbocycles. The Bertz CT molecular complexity index is 786. The zero-order valence-corrected chi connectivity index (χ0v) is 15.0. The van der Waals surface area contributed by atoms with Crippen molar-refractivity contribution in [1.29, 1.82) is 0 Å². The van der Waals surface area contributed by atoms with Crippen molar-refractivity contribution in [3.05, 3.63) is 71.0 Å². The first-order valence-corrected chi connectivity index (χ1v) is 9.22. The van der Waals surface area contributed by atoms with Crippen molar-refractivity contribution in [2.75, 3.05) is 26.7 Å². The highest BCUT2D eigenvalue weighted by Gasteiger charge is 2.35. The molecular formula is C21H24FN3O. The SMILES string of the molecule is CN(C(=O)N1CCc2ccccc2C1c1ccc(F)cc1)[C@@H]1CCNC1. The number of benzene rings is 2. The largest absolute Gasteiger partial charge is 0.323 e. The van der Waals surface area contributed by atoms with Crippen LogP contribution in [0.1, 0.15) is 29.2 Å². The number of nitrogens with one attached hydrogen (secondary N) is 1. The van der Waals surface area contributed by atoms with Gasteiger partial charge in [0.1, 0.15) is 5.82 Å². The van der Waals surface area contributed by atoms with Crippen molar-refractivity contribution in [1.82, 2.24) is 15.1 Å². The standard InChI is InChI=1S/C21H24FN3O/c1-24(18-10-12-23-14-18)21(26)25-13-11-15-4-2-3-5-19(15)20(25)16-6-8-17(22)9-7-16/h2-9,18,20,23H,10-14H2,1H3/t18-,20?/m1/s1. The molecule has 1 fully saturated rings. The minimum atomic E-state index is -0.259. The Morgan fingerprint density at radius 2 is 1.96 bits per heavy atom. The maximum Gasteiger partial charge on any atom is 0.320 e. The number of hydrogen-bond acceptors (Lipinski definition) is 2. The van der Waals surface area contributed by atoms with Gasteiger partial charge in [0.15, 0.2) is 0 Å². The number of hydrogen-bond donors (Lipinski definition) is 1. The van der Waals surface area contributed by atoms with Gasteiger partial charge in [-0.25, -0.2) is 9.18 Å². The predicted molar refractivity (Wildman–Crippen MR) is 99.5 cm³/mol. The highest BCUT2D eigenvalue weighted by molar-refractivity contribution is 5.76. The molecule has 0 aliphatic carbocycles. The highest BCUT2D eigenvalue weighted by Crippen LogP contribution is 2.36. The second-order valence-corrected chi connectivity index (χ2v) is 7.14. The Kier molecular flexibility index (Phi) is 4.64. The van der Waals surface area contributed by atoms with E-state index < -0.39 is 0 Å². The summed E-state index contributed by atoms with van der Waals surface area (Å²) in [5.74, 6) is -0.259. The van der Waals surface area contributed by atoms with E-state index in [4.69, 9.17) is 0 Å². The topological polar surface area (TPSA) is 35.6 Å². The highest BCUT2D eigenvalue weighted by atomic mass is 19.1. The minimum Gasteiger partial charge on any atom is -0.323 e. The predicted octanol–water partition coefficient (Wildman–Crippen LogP) is 3.19. The summed E-state index contributed by atoms with van der Waals surface area (Å²) in [7, 11) is 1.89. The van der Waals surface area contributed by atoms with Crippen LogP contribution in [0.5, 0.6) is 0 Å². The second-order valence-electron chi connectivity index (χ2n) is 7.14. The van der Waals surface area contributed by atoms with E-state index in [1.165, 1.54) is 17.7 Å². The van der Waals surface area contributed by atoms with Crippen LogP contribution in [0.25, 0.3) is 0 Å². The molecule has 2 atom stereocenters. The number of urea groups is 1. The summed E-state index contributed by atoms with van der Waals surface area (Å²) < 4.78 is 13.4. The van der Waals surface area contributed by atoms with Gasteiger partial charge in [-0.15, -0.1) is 0 Å². The first kappa shape index (κ1) is 17.0. The fourth-order valence-corrected chi connectivity index (χ4v) is 4.11. The quantitative estimate of drug-likeness (QED) is 0.900. The van der Waals surface area contributed by atoms with Crippen LogP contribution in [0.15, 0.2) is 48.5 Å². The van der Waals surface area contributed by atoms with Gasteiger partial charge >= 0.3 is 6.03 Å². The van der Waals surface area contributed by atoms with Gasteiger partial charge < -0.3 is 15.1 Å². The van der Waals surface area contributed by atoms with Crippen LogP contribution in [0.3, 0.4) is 0 Å². The molecule has 2 aromatic rings. The monoisotopic (exact) mass is 353 g/mol. The van der Waals surface area contributed by atoms with Crippen LogP contribution in [-0.4, -0.2) is 48.6 Å². The Balaban J connectivity index is 1.70. The zero-order chi connectivity index (χ0) is 18.1. The van der Waals surface area contributed by atoms with E-state index in [1.54, 1.807) is 12.1 Å². The van der Waals surface area contributed by atoms with E-state index in [2.05, 4.69) is 17.4 Å². The van der Waals surface area contributed by atoms with E-state index in [0.717, 1.165) is 37.1 Å². The van der Waals surface area contributed by atoms with E-state index in [-0.39, 0.29) is 23.9 Å². The fourth-order valence-electron chi connectivity index (χ4n) is 4.11. The summed E-state index contributed by atoms with van der Waals surface area (Å²) in [6, 6.07) is 14.9. The first-order valence-electron chi connectivity index (χ1n) is 9.22. The molecule has 136 valence electrons. The molecule has 0 radical (unpaired) electrons. The Morgan fingerprint density at radius 3 is 2.69 bits per heavy atom. The third kappa shape index (κ3) is 3.07. The maximum atomic E-state index is 13.4. The number of nitrogens with zero attached hydrogens (tertiary/aromatic N) is 2. The summed E-state index contributed by atoms with van der Waals surface area (Å²) in [5, 5.41) is 3.32. The average molecular weight is 353 g/mol. The lowest BCUT2D eigenvalue weighted by atomic mass is 9.88. The number of fused-ring (bicyclic) bond motifs is 1. The third-order valence-corrected chi connectivity index (χ3v) is 5.60. The molecular weight excluding hydrogens is 329 g/mol. The van der Waals surface area contributed by atoms with Gasteiger partial charge in [-0.05, 0) is 48.2 Å². The number of carbonyl (C=O) groups is 1. The lowest BCUT2D eigenvalue weighted by Gasteiger charge is -2.41. The van der Waals surface area contributed by atoms with Crippen LogP contribution in [0.4, 0.5) is 9.18 Å². The lowest BCUT2D eigenvalue weighted by Crippen LogP contribution is -2.50. The second kappa shape index (κ2) is 7.08. The molecule has 2 heterocycles. The number of halogens is 1. The summed E-state index contributed by atoms with van der Waals surface area (Å²) in [6.07, 6.45) is 1.82. The van der Waals surface area contributed by atoms with Gasteiger partial charge in [-0.2, -0.15) is 0 Å². The minimum absolute atomic E-state index is 0.0440. The van der Waals surface area contributed by atoms with Crippen molar-refractivity contribution >= 4 is 6.03 Å². The summed E-state index contributed by atoms with van der Waals surface area (Å²) in [6.45, 7) is 2.46. The van der Waals surface area contributed by atoms with Crippen molar-refractivity contribution < 1.29 is 9.18 Å². The zero-order valence-electron chi connectivity index (χ0n) is 15.0. The summed E-state index contributed by atoms with van der Waals surface area (Å²) in [4.78, 5) is 17.1. The van der Waals surface area contributed by atoms with Crippen molar-refractivity contribution in [3.8, 4) is 0 Å². The number of carbonyl (C=O) groups excluding carboxylic acids is 1. The first-order chi connectivity index (χ1) is 12.6. The van der Waals surface area contributed by atoms with E-state index in [0.29, 0.717) is 6.54 Å². The Morgan fingerprint density at radius 1 is 1.19 bits per heavy atom. The van der Waals surface area contributed by atoms with E-state index in [1.807, 2.05) is 29.0 Å².